The van der Waals surface area contributed by atoms with Crippen LogP contribution in [0.1, 0.15) is 12.8 Å². The highest BCUT2D eigenvalue weighted by molar-refractivity contribution is 5.15. The molecule has 4 atom stereocenters. The number of hydrogen-bond donors (Lipinski definition) is 0. The van der Waals surface area contributed by atoms with Crippen LogP contribution in [0.15, 0.2) is 0 Å². The molecule has 0 aromatic rings. The van der Waals surface area contributed by atoms with Crippen molar-refractivity contribution in [3.8, 4) is 0 Å². The van der Waals surface area contributed by atoms with Crippen LogP contribution in [0.25, 0.3) is 0 Å². The van der Waals surface area contributed by atoms with Gasteiger partial charge in [-0.15, -0.1) is 0 Å². The van der Waals surface area contributed by atoms with Crippen molar-refractivity contribution in [1.29, 1.82) is 0 Å². The van der Waals surface area contributed by atoms with Gasteiger partial charge in [-0.25, -0.2) is 0 Å². The SMILES string of the molecule is C1COC2(CC3C4OC4C[C@@H]32)O1. The Kier molecular flexibility index (Phi) is 0.908. The van der Waals surface area contributed by atoms with E-state index in [1.165, 1.54) is 6.42 Å². The van der Waals surface area contributed by atoms with E-state index in [9.17, 15) is 0 Å². The van der Waals surface area contributed by atoms with Gasteiger partial charge in [0, 0.05) is 18.3 Å². The zero-order valence-electron chi connectivity index (χ0n) is 6.86. The van der Waals surface area contributed by atoms with Gasteiger partial charge in [0.1, 0.15) is 0 Å². The molecule has 2 heterocycles. The molecule has 3 nitrogen and oxygen atoms in total. The molecule has 2 saturated heterocycles. The molecule has 2 saturated carbocycles. The van der Waals surface area contributed by atoms with Crippen molar-refractivity contribution in [2.45, 2.75) is 30.8 Å². The van der Waals surface area contributed by atoms with E-state index in [0.29, 0.717) is 18.1 Å². The lowest BCUT2D eigenvalue weighted by Crippen LogP contribution is -2.54. The van der Waals surface area contributed by atoms with E-state index in [-0.39, 0.29) is 5.79 Å². The summed E-state index contributed by atoms with van der Waals surface area (Å²) >= 11 is 0. The first kappa shape index (κ1) is 6.35. The summed E-state index contributed by atoms with van der Waals surface area (Å²) < 4.78 is 16.8. The highest BCUT2D eigenvalue weighted by Crippen LogP contribution is 2.63. The summed E-state index contributed by atoms with van der Waals surface area (Å²) in [4.78, 5) is 0. The fourth-order valence-corrected chi connectivity index (χ4v) is 3.26. The molecule has 4 aliphatic rings. The Hall–Kier alpha value is -0.120. The smallest absolute Gasteiger partial charge is 0.172 e. The summed E-state index contributed by atoms with van der Waals surface area (Å²) in [5, 5.41) is 0. The molecule has 0 bridgehead atoms. The minimum absolute atomic E-state index is 0.151. The Morgan fingerprint density at radius 1 is 1.17 bits per heavy atom. The average molecular weight is 168 g/mol. The van der Waals surface area contributed by atoms with Crippen molar-refractivity contribution in [3.63, 3.8) is 0 Å². The van der Waals surface area contributed by atoms with E-state index < -0.39 is 0 Å². The van der Waals surface area contributed by atoms with Crippen LogP contribution in [0.5, 0.6) is 0 Å². The van der Waals surface area contributed by atoms with E-state index in [1.54, 1.807) is 0 Å². The summed E-state index contributed by atoms with van der Waals surface area (Å²) in [6, 6.07) is 0. The molecule has 4 rings (SSSR count). The molecule has 0 N–H and O–H groups in total. The van der Waals surface area contributed by atoms with Gasteiger partial charge in [0.15, 0.2) is 5.79 Å². The Labute approximate surface area is 71.0 Å². The van der Waals surface area contributed by atoms with Crippen LogP contribution in [-0.2, 0) is 14.2 Å². The number of ether oxygens (including phenoxy) is 3. The second-order valence-electron chi connectivity index (χ2n) is 4.36. The second kappa shape index (κ2) is 1.72. The zero-order chi connectivity index (χ0) is 7.76. The van der Waals surface area contributed by atoms with Crippen molar-refractivity contribution in [2.24, 2.45) is 11.8 Å². The third-order valence-electron chi connectivity index (χ3n) is 3.91. The van der Waals surface area contributed by atoms with Crippen LogP contribution >= 0.6 is 0 Å². The minimum atomic E-state index is -0.151. The van der Waals surface area contributed by atoms with Gasteiger partial charge in [-0.1, -0.05) is 0 Å². The van der Waals surface area contributed by atoms with Crippen LogP contribution in [-0.4, -0.2) is 31.2 Å². The van der Waals surface area contributed by atoms with Crippen molar-refractivity contribution in [2.75, 3.05) is 13.2 Å². The van der Waals surface area contributed by atoms with Gasteiger partial charge in [-0.3, -0.25) is 0 Å². The quantitative estimate of drug-likeness (QED) is 0.494. The minimum Gasteiger partial charge on any atom is -0.369 e. The molecule has 3 heteroatoms. The maximum Gasteiger partial charge on any atom is 0.172 e. The highest BCUT2D eigenvalue weighted by atomic mass is 16.7. The topological polar surface area (TPSA) is 31.0 Å². The van der Waals surface area contributed by atoms with Crippen LogP contribution < -0.4 is 0 Å². The molecule has 2 aliphatic carbocycles. The van der Waals surface area contributed by atoms with Gasteiger partial charge in [-0.2, -0.15) is 0 Å². The maximum absolute atomic E-state index is 5.68. The number of hydrogen-bond acceptors (Lipinski definition) is 3. The first-order valence-corrected chi connectivity index (χ1v) is 4.82. The third-order valence-corrected chi connectivity index (χ3v) is 3.91. The molecule has 2 aliphatic heterocycles. The molecular weight excluding hydrogens is 156 g/mol. The van der Waals surface area contributed by atoms with Gasteiger partial charge in [0.2, 0.25) is 0 Å². The summed E-state index contributed by atoms with van der Waals surface area (Å²) in [6.45, 7) is 1.58. The summed E-state index contributed by atoms with van der Waals surface area (Å²) in [5.41, 5.74) is 0. The maximum atomic E-state index is 5.68. The molecule has 0 amide bonds. The summed E-state index contributed by atoms with van der Waals surface area (Å²) in [6.07, 6.45) is 3.40. The molecular formula is C9H12O3. The van der Waals surface area contributed by atoms with Crippen molar-refractivity contribution in [3.05, 3.63) is 0 Å². The lowest BCUT2D eigenvalue weighted by Gasteiger charge is -2.48. The Morgan fingerprint density at radius 2 is 2.00 bits per heavy atom. The zero-order valence-corrected chi connectivity index (χ0v) is 6.86. The van der Waals surface area contributed by atoms with E-state index >= 15 is 0 Å². The van der Waals surface area contributed by atoms with E-state index in [4.69, 9.17) is 14.2 Å². The van der Waals surface area contributed by atoms with Gasteiger partial charge in [0.25, 0.3) is 0 Å². The van der Waals surface area contributed by atoms with E-state index in [1.807, 2.05) is 0 Å². The molecule has 4 fully saturated rings. The predicted molar refractivity (Wildman–Crippen MR) is 39.5 cm³/mol. The average Bonchev–Trinajstić information content (AvgIpc) is 2.55. The van der Waals surface area contributed by atoms with Crippen LogP contribution in [0.3, 0.4) is 0 Å². The largest absolute Gasteiger partial charge is 0.369 e. The van der Waals surface area contributed by atoms with E-state index in [2.05, 4.69) is 0 Å². The van der Waals surface area contributed by atoms with Gasteiger partial charge in [0.05, 0.1) is 25.4 Å². The monoisotopic (exact) mass is 168 g/mol. The fourth-order valence-electron chi connectivity index (χ4n) is 3.26. The van der Waals surface area contributed by atoms with Crippen LogP contribution in [0.2, 0.25) is 0 Å². The van der Waals surface area contributed by atoms with Crippen molar-refractivity contribution in [1.82, 2.24) is 0 Å². The van der Waals surface area contributed by atoms with Crippen molar-refractivity contribution >= 4 is 0 Å². The normalized spacial score (nSPS) is 58.0. The van der Waals surface area contributed by atoms with Gasteiger partial charge < -0.3 is 14.2 Å². The molecule has 1 spiro atoms. The third kappa shape index (κ3) is 0.543. The standard InChI is InChI=1S/C9H12O3/c1-2-11-9(10-1)4-5-6(9)3-7-8(5)12-7/h5-8H,1-4H2/t5?,6-,7?,8?/m0/s1. The second-order valence-corrected chi connectivity index (χ2v) is 4.36. The molecule has 66 valence electrons. The Bertz CT molecular complexity index is 234. The van der Waals surface area contributed by atoms with E-state index in [0.717, 1.165) is 25.6 Å². The molecule has 0 aromatic carbocycles. The Morgan fingerprint density at radius 3 is 2.75 bits per heavy atom. The highest BCUT2D eigenvalue weighted by Gasteiger charge is 2.70. The van der Waals surface area contributed by atoms with Crippen molar-refractivity contribution < 1.29 is 14.2 Å². The van der Waals surface area contributed by atoms with Gasteiger partial charge in [-0.05, 0) is 6.42 Å². The lowest BCUT2D eigenvalue weighted by atomic mass is 9.69. The summed E-state index contributed by atoms with van der Waals surface area (Å²) in [7, 11) is 0. The molecule has 0 radical (unpaired) electrons. The number of fused-ring (bicyclic) bond motifs is 4. The first-order chi connectivity index (χ1) is 5.89. The molecule has 0 aromatic heterocycles. The van der Waals surface area contributed by atoms with Gasteiger partial charge >= 0.3 is 0 Å². The predicted octanol–water partition coefficient (Wildman–Crippen LogP) is 0.537. The summed E-state index contributed by atoms with van der Waals surface area (Å²) in [5.74, 6) is 1.26. The molecule has 12 heavy (non-hydrogen) atoms. The first-order valence-electron chi connectivity index (χ1n) is 4.82. The lowest BCUT2D eigenvalue weighted by molar-refractivity contribution is -0.277. The fraction of sp³-hybridized carbons (Fsp3) is 1.00. The Balaban J connectivity index is 1.63. The van der Waals surface area contributed by atoms with Crippen LogP contribution in [0.4, 0.5) is 0 Å². The number of rotatable bonds is 0. The molecule has 3 unspecified atom stereocenters. The number of epoxide rings is 1. The van der Waals surface area contributed by atoms with Crippen LogP contribution in [0, 0.1) is 11.8 Å².